The Morgan fingerprint density at radius 1 is 1.47 bits per heavy atom. The van der Waals surface area contributed by atoms with Crippen molar-refractivity contribution in [2.75, 3.05) is 0 Å². The van der Waals surface area contributed by atoms with Gasteiger partial charge in [-0.3, -0.25) is 9.48 Å². The minimum absolute atomic E-state index is 0.283. The highest BCUT2D eigenvalue weighted by atomic mass is 79.9. The summed E-state index contributed by atoms with van der Waals surface area (Å²) in [6.07, 6.45) is 1.89. The van der Waals surface area contributed by atoms with Gasteiger partial charge in [-0.2, -0.15) is 5.10 Å². The second kappa shape index (κ2) is 6.01. The van der Waals surface area contributed by atoms with E-state index in [-0.39, 0.29) is 5.78 Å². The van der Waals surface area contributed by atoms with Crippen molar-refractivity contribution in [1.82, 2.24) is 9.78 Å². The van der Waals surface area contributed by atoms with Crippen molar-refractivity contribution in [3.05, 3.63) is 37.7 Å². The molecule has 3 nitrogen and oxygen atoms in total. The number of hydrogen-bond donors (Lipinski definition) is 0. The van der Waals surface area contributed by atoms with E-state index in [1.54, 1.807) is 11.3 Å². The molecule has 0 amide bonds. The van der Waals surface area contributed by atoms with Crippen molar-refractivity contribution in [3.8, 4) is 0 Å². The van der Waals surface area contributed by atoms with Gasteiger partial charge in [-0.25, -0.2) is 0 Å². The van der Waals surface area contributed by atoms with E-state index < -0.39 is 0 Å². The van der Waals surface area contributed by atoms with Gasteiger partial charge in [0, 0.05) is 34.9 Å². The molecule has 2 rings (SSSR count). The van der Waals surface area contributed by atoms with Crippen LogP contribution in [0, 0.1) is 13.8 Å². The summed E-state index contributed by atoms with van der Waals surface area (Å²) >= 11 is 5.09. The Kier molecular flexibility index (Phi) is 4.58. The quantitative estimate of drug-likeness (QED) is 0.833. The highest BCUT2D eigenvalue weighted by Gasteiger charge is 2.13. The number of halogens is 1. The molecule has 0 saturated carbocycles. The van der Waals surface area contributed by atoms with Crippen LogP contribution in [-0.4, -0.2) is 15.6 Å². The lowest BCUT2D eigenvalue weighted by molar-refractivity contribution is -0.118. The lowest BCUT2D eigenvalue weighted by Gasteiger charge is -2.02. The average Bonchev–Trinajstić information content (AvgIpc) is 2.84. The maximum absolute atomic E-state index is 12.0. The lowest BCUT2D eigenvalue weighted by Crippen LogP contribution is -2.04. The maximum atomic E-state index is 12.0. The highest BCUT2D eigenvalue weighted by molar-refractivity contribution is 9.10. The molecule has 2 aromatic rings. The summed E-state index contributed by atoms with van der Waals surface area (Å²) in [5.41, 5.74) is 3.40. The Balaban J connectivity index is 1.95. The molecular weight excluding hydrogens is 324 g/mol. The van der Waals surface area contributed by atoms with E-state index in [4.69, 9.17) is 0 Å². The number of Topliss-reactive ketones (excluding diaryl/α,β-unsaturated/α-hetero) is 1. The number of thiophene rings is 1. The predicted molar refractivity (Wildman–Crippen MR) is 81.7 cm³/mol. The molecule has 0 aliphatic carbocycles. The summed E-state index contributed by atoms with van der Waals surface area (Å²) in [7, 11) is 1.94. The van der Waals surface area contributed by atoms with Crippen LogP contribution >= 0.6 is 27.3 Å². The third-order valence-corrected chi connectivity index (χ3v) is 5.29. The van der Waals surface area contributed by atoms with E-state index in [0.717, 1.165) is 27.2 Å². The fourth-order valence-electron chi connectivity index (χ4n) is 2.16. The predicted octanol–water partition coefficient (Wildman–Crippen LogP) is 3.61. The molecule has 0 aliphatic rings. The van der Waals surface area contributed by atoms with Gasteiger partial charge in [-0.1, -0.05) is 0 Å². The smallest absolute Gasteiger partial charge is 0.138 e. The molecule has 0 aliphatic heterocycles. The largest absolute Gasteiger partial charge is 0.299 e. The van der Waals surface area contributed by atoms with Gasteiger partial charge in [0.15, 0.2) is 0 Å². The number of carbonyl (C=O) groups is 1. The molecule has 0 atom stereocenters. The SMILES string of the molecule is Cc1nn(C)c(C)c1CCC(=O)Cc1sccc1Br. The Morgan fingerprint density at radius 2 is 2.21 bits per heavy atom. The first-order valence-corrected chi connectivity index (χ1v) is 7.89. The van der Waals surface area contributed by atoms with E-state index in [1.165, 1.54) is 5.56 Å². The van der Waals surface area contributed by atoms with Crippen molar-refractivity contribution in [3.63, 3.8) is 0 Å². The number of nitrogens with zero attached hydrogens (tertiary/aromatic N) is 2. The van der Waals surface area contributed by atoms with E-state index in [2.05, 4.69) is 28.0 Å². The van der Waals surface area contributed by atoms with Crippen LogP contribution in [0.1, 0.15) is 28.2 Å². The minimum atomic E-state index is 0.283. The van der Waals surface area contributed by atoms with Gasteiger partial charge in [0.05, 0.1) is 5.69 Å². The molecule has 0 aromatic carbocycles. The average molecular weight is 341 g/mol. The highest BCUT2D eigenvalue weighted by Crippen LogP contribution is 2.24. The monoisotopic (exact) mass is 340 g/mol. The molecule has 0 N–H and O–H groups in total. The van der Waals surface area contributed by atoms with E-state index in [9.17, 15) is 4.79 Å². The van der Waals surface area contributed by atoms with Crippen molar-refractivity contribution in [2.45, 2.75) is 33.1 Å². The summed E-state index contributed by atoms with van der Waals surface area (Å²) in [6.45, 7) is 4.05. The molecule has 102 valence electrons. The third kappa shape index (κ3) is 3.34. The van der Waals surface area contributed by atoms with Crippen LogP contribution in [0.2, 0.25) is 0 Å². The summed E-state index contributed by atoms with van der Waals surface area (Å²) in [5.74, 6) is 0.283. The van der Waals surface area contributed by atoms with Crippen LogP contribution < -0.4 is 0 Å². The van der Waals surface area contributed by atoms with E-state index >= 15 is 0 Å². The van der Waals surface area contributed by atoms with Gasteiger partial charge >= 0.3 is 0 Å². The Bertz CT molecular complexity index is 601. The van der Waals surface area contributed by atoms with Gasteiger partial charge in [-0.15, -0.1) is 11.3 Å². The van der Waals surface area contributed by atoms with Gasteiger partial charge in [0.1, 0.15) is 5.78 Å². The summed E-state index contributed by atoms with van der Waals surface area (Å²) in [4.78, 5) is 13.1. The van der Waals surface area contributed by atoms with Gasteiger partial charge < -0.3 is 0 Å². The zero-order chi connectivity index (χ0) is 14.0. The van der Waals surface area contributed by atoms with E-state index in [0.29, 0.717) is 12.8 Å². The summed E-state index contributed by atoms with van der Waals surface area (Å²) in [6, 6.07) is 1.99. The lowest BCUT2D eigenvalue weighted by atomic mass is 10.0. The second-order valence-electron chi connectivity index (χ2n) is 4.68. The molecule has 0 saturated heterocycles. The standard InChI is InChI=1S/C14H17BrN2OS/c1-9-12(10(2)17(3)16-9)5-4-11(18)8-14-13(15)6-7-19-14/h6-7H,4-5,8H2,1-3H3. The Hall–Kier alpha value is -0.940. The van der Waals surface area contributed by atoms with E-state index in [1.807, 2.05) is 30.1 Å². The summed E-state index contributed by atoms with van der Waals surface area (Å²) in [5, 5.41) is 6.38. The van der Waals surface area contributed by atoms with Crippen LogP contribution in [0.4, 0.5) is 0 Å². The van der Waals surface area contributed by atoms with Crippen LogP contribution in [0.3, 0.4) is 0 Å². The number of carbonyl (C=O) groups excluding carboxylic acids is 1. The first-order chi connectivity index (χ1) is 8.99. The Labute approximate surface area is 125 Å². The van der Waals surface area contributed by atoms with Crippen LogP contribution in [0.25, 0.3) is 0 Å². The molecule has 5 heteroatoms. The van der Waals surface area contributed by atoms with Gasteiger partial charge in [0.25, 0.3) is 0 Å². The van der Waals surface area contributed by atoms with Gasteiger partial charge in [0.2, 0.25) is 0 Å². The van der Waals surface area contributed by atoms with Crippen molar-refractivity contribution >= 4 is 33.0 Å². The van der Waals surface area contributed by atoms with Crippen LogP contribution in [-0.2, 0) is 24.7 Å². The molecule has 19 heavy (non-hydrogen) atoms. The van der Waals surface area contributed by atoms with Crippen molar-refractivity contribution < 1.29 is 4.79 Å². The zero-order valence-electron chi connectivity index (χ0n) is 11.4. The number of aryl methyl sites for hydroxylation is 2. The molecule has 0 fully saturated rings. The fraction of sp³-hybridized carbons (Fsp3) is 0.429. The van der Waals surface area contributed by atoms with Crippen molar-refractivity contribution in [2.24, 2.45) is 7.05 Å². The maximum Gasteiger partial charge on any atom is 0.138 e. The number of hydrogen-bond acceptors (Lipinski definition) is 3. The van der Waals surface area contributed by atoms with Crippen LogP contribution in [0.15, 0.2) is 15.9 Å². The number of ketones is 1. The first-order valence-electron chi connectivity index (χ1n) is 6.21. The topological polar surface area (TPSA) is 34.9 Å². The number of aromatic nitrogens is 2. The molecule has 0 bridgehead atoms. The molecule has 2 aromatic heterocycles. The number of rotatable bonds is 5. The molecule has 0 spiro atoms. The molecule has 2 heterocycles. The molecule has 0 radical (unpaired) electrons. The zero-order valence-corrected chi connectivity index (χ0v) is 13.8. The normalized spacial score (nSPS) is 10.9. The minimum Gasteiger partial charge on any atom is -0.299 e. The first kappa shape index (κ1) is 14.5. The molecule has 0 unspecified atom stereocenters. The van der Waals surface area contributed by atoms with Gasteiger partial charge in [-0.05, 0) is 53.2 Å². The van der Waals surface area contributed by atoms with Crippen molar-refractivity contribution in [1.29, 1.82) is 0 Å². The Morgan fingerprint density at radius 3 is 2.74 bits per heavy atom. The summed E-state index contributed by atoms with van der Waals surface area (Å²) < 4.78 is 2.92. The van der Waals surface area contributed by atoms with Crippen LogP contribution in [0.5, 0.6) is 0 Å². The fourth-order valence-corrected chi connectivity index (χ4v) is 3.68. The third-order valence-electron chi connectivity index (χ3n) is 3.36. The second-order valence-corrected chi connectivity index (χ2v) is 6.54. The molecular formula is C14H17BrN2OS.